The van der Waals surface area contributed by atoms with Gasteiger partial charge in [0.05, 0.1) is 0 Å². The number of alkyl halides is 3. The molecule has 0 atom stereocenters. The topological polar surface area (TPSA) is 71.5 Å². The van der Waals surface area contributed by atoms with Crippen molar-refractivity contribution in [1.82, 2.24) is 4.98 Å². The zero-order valence-corrected chi connectivity index (χ0v) is 10.2. The third kappa shape index (κ3) is 3.84. The van der Waals surface area contributed by atoms with Crippen LogP contribution in [0.4, 0.5) is 18.3 Å². The first-order chi connectivity index (χ1) is 8.36. The van der Waals surface area contributed by atoms with Crippen molar-refractivity contribution < 1.29 is 27.8 Å². The number of methoxy groups -OCH3 is 1. The fourth-order valence-corrected chi connectivity index (χ4v) is 1.99. The molecule has 0 aliphatic carbocycles. The Kier molecular flexibility index (Phi) is 4.91. The number of nitrogens with one attached hydrogen (secondary N) is 1. The number of aromatic nitrogens is 1. The van der Waals surface area contributed by atoms with E-state index in [1.807, 2.05) is 0 Å². The van der Waals surface area contributed by atoms with E-state index in [1.54, 1.807) is 0 Å². The smallest absolute Gasteiger partial charge is 0.435 e. The molecule has 5 nitrogen and oxygen atoms in total. The van der Waals surface area contributed by atoms with Crippen molar-refractivity contribution in [2.75, 3.05) is 25.6 Å². The van der Waals surface area contributed by atoms with Gasteiger partial charge in [0, 0.05) is 20.3 Å². The molecule has 1 heterocycles. The predicted octanol–water partition coefficient (Wildman–Crippen LogP) is 2.31. The predicted molar refractivity (Wildman–Crippen MR) is 59.1 cm³/mol. The molecule has 0 radical (unpaired) electrons. The van der Waals surface area contributed by atoms with Crippen LogP contribution in [0.2, 0.25) is 0 Å². The molecule has 1 aromatic heterocycles. The lowest BCUT2D eigenvalue weighted by atomic mass is 10.3. The molecule has 0 aliphatic rings. The van der Waals surface area contributed by atoms with E-state index in [-0.39, 0.29) is 5.13 Å². The monoisotopic (exact) mass is 284 g/mol. The van der Waals surface area contributed by atoms with Crippen LogP contribution >= 0.6 is 11.3 Å². The van der Waals surface area contributed by atoms with Crippen LogP contribution < -0.4 is 5.32 Å². The lowest BCUT2D eigenvalue weighted by Crippen LogP contribution is -2.11. The summed E-state index contributed by atoms with van der Waals surface area (Å²) < 4.78 is 42.3. The first-order valence-electron chi connectivity index (χ1n) is 4.90. The Labute approximate surface area is 105 Å². The first-order valence-corrected chi connectivity index (χ1v) is 5.72. The number of carboxylic acid groups (broad SMARTS) is 1. The van der Waals surface area contributed by atoms with Crippen LogP contribution in [0, 0.1) is 0 Å². The molecule has 0 saturated heterocycles. The summed E-state index contributed by atoms with van der Waals surface area (Å²) in [5.41, 5.74) is -1.37. The maximum Gasteiger partial charge on any atom is 0.435 e. The maximum atomic E-state index is 12.5. The van der Waals surface area contributed by atoms with Gasteiger partial charge in [-0.25, -0.2) is 9.78 Å². The van der Waals surface area contributed by atoms with E-state index in [2.05, 4.69) is 10.3 Å². The Bertz CT molecular complexity index is 420. The molecule has 0 fully saturated rings. The Morgan fingerprint density at radius 2 is 2.22 bits per heavy atom. The average Bonchev–Trinajstić information content (AvgIpc) is 2.68. The van der Waals surface area contributed by atoms with Gasteiger partial charge in [-0.05, 0) is 6.42 Å². The fraction of sp³-hybridized carbons (Fsp3) is 0.556. The molecule has 0 aromatic carbocycles. The van der Waals surface area contributed by atoms with Crippen LogP contribution in [-0.2, 0) is 10.9 Å². The Morgan fingerprint density at radius 3 is 2.67 bits per heavy atom. The molecule has 0 bridgehead atoms. The van der Waals surface area contributed by atoms with Crippen LogP contribution in [0.5, 0.6) is 0 Å². The summed E-state index contributed by atoms with van der Waals surface area (Å²) in [6, 6.07) is 0. The summed E-state index contributed by atoms with van der Waals surface area (Å²) in [4.78, 5) is 13.1. The van der Waals surface area contributed by atoms with E-state index in [1.165, 1.54) is 7.11 Å². The summed E-state index contributed by atoms with van der Waals surface area (Å²) >= 11 is 0.470. The molecule has 0 amide bonds. The first kappa shape index (κ1) is 14.7. The Hall–Kier alpha value is -1.35. The Morgan fingerprint density at radius 1 is 1.56 bits per heavy atom. The van der Waals surface area contributed by atoms with Crippen molar-refractivity contribution in [1.29, 1.82) is 0 Å². The van der Waals surface area contributed by atoms with E-state index < -0.39 is 22.7 Å². The summed E-state index contributed by atoms with van der Waals surface area (Å²) in [5, 5.41) is 11.2. The zero-order chi connectivity index (χ0) is 13.8. The molecular formula is C9H11F3N2O3S. The van der Waals surface area contributed by atoms with E-state index in [0.29, 0.717) is 30.9 Å². The second-order valence-corrected chi connectivity index (χ2v) is 4.27. The van der Waals surface area contributed by atoms with E-state index in [9.17, 15) is 18.0 Å². The van der Waals surface area contributed by atoms with Gasteiger partial charge in [-0.1, -0.05) is 11.3 Å². The summed E-state index contributed by atoms with van der Waals surface area (Å²) in [5.74, 6) is -1.63. The largest absolute Gasteiger partial charge is 0.477 e. The van der Waals surface area contributed by atoms with Gasteiger partial charge < -0.3 is 15.2 Å². The SMILES string of the molecule is COCCCNc1nc(C(F)(F)F)c(C(=O)O)s1. The number of carbonyl (C=O) groups is 1. The molecule has 2 N–H and O–H groups in total. The number of carboxylic acids is 1. The molecular weight excluding hydrogens is 273 g/mol. The van der Waals surface area contributed by atoms with Gasteiger partial charge in [0.1, 0.15) is 4.88 Å². The van der Waals surface area contributed by atoms with E-state index >= 15 is 0 Å². The third-order valence-electron chi connectivity index (χ3n) is 1.89. The normalized spacial score (nSPS) is 11.6. The standard InChI is InChI=1S/C9H11F3N2O3S/c1-17-4-2-3-13-8-14-6(9(10,11)12)5(18-8)7(15)16/h2-4H2,1H3,(H,13,14)(H,15,16). The second-order valence-electron chi connectivity index (χ2n) is 3.27. The fourth-order valence-electron chi connectivity index (χ4n) is 1.14. The number of hydrogen-bond donors (Lipinski definition) is 2. The molecule has 102 valence electrons. The Balaban J connectivity index is 2.80. The van der Waals surface area contributed by atoms with Crippen molar-refractivity contribution in [3.8, 4) is 0 Å². The number of hydrogen-bond acceptors (Lipinski definition) is 5. The van der Waals surface area contributed by atoms with Gasteiger partial charge in [0.25, 0.3) is 0 Å². The highest BCUT2D eigenvalue weighted by molar-refractivity contribution is 7.17. The van der Waals surface area contributed by atoms with Gasteiger partial charge in [-0.15, -0.1) is 0 Å². The van der Waals surface area contributed by atoms with Crippen molar-refractivity contribution in [2.24, 2.45) is 0 Å². The summed E-state index contributed by atoms with van der Waals surface area (Å²) in [7, 11) is 1.51. The third-order valence-corrected chi connectivity index (χ3v) is 2.89. The van der Waals surface area contributed by atoms with Crippen molar-refractivity contribution >= 4 is 22.4 Å². The molecule has 0 aliphatic heterocycles. The minimum Gasteiger partial charge on any atom is -0.477 e. The van der Waals surface area contributed by atoms with E-state index in [4.69, 9.17) is 9.84 Å². The molecule has 1 rings (SSSR count). The second kappa shape index (κ2) is 6.01. The zero-order valence-electron chi connectivity index (χ0n) is 9.37. The number of ether oxygens (including phenoxy) is 1. The maximum absolute atomic E-state index is 12.5. The summed E-state index contributed by atoms with van der Waals surface area (Å²) in [6.07, 6.45) is -4.18. The minimum atomic E-state index is -4.77. The molecule has 0 saturated carbocycles. The quantitative estimate of drug-likeness (QED) is 0.784. The van der Waals surface area contributed by atoms with Crippen molar-refractivity contribution in [3.05, 3.63) is 10.6 Å². The number of aromatic carboxylic acids is 1. The number of nitrogens with zero attached hydrogens (tertiary/aromatic N) is 1. The lowest BCUT2D eigenvalue weighted by Gasteiger charge is -2.03. The highest BCUT2D eigenvalue weighted by Gasteiger charge is 2.39. The summed E-state index contributed by atoms with van der Waals surface area (Å²) in [6.45, 7) is 0.813. The van der Waals surface area contributed by atoms with Crippen molar-refractivity contribution in [3.63, 3.8) is 0 Å². The van der Waals surface area contributed by atoms with Crippen LogP contribution in [0.25, 0.3) is 0 Å². The van der Waals surface area contributed by atoms with Gasteiger partial charge in [0.15, 0.2) is 10.8 Å². The highest BCUT2D eigenvalue weighted by Crippen LogP contribution is 2.36. The molecule has 9 heteroatoms. The number of halogens is 3. The molecule has 18 heavy (non-hydrogen) atoms. The van der Waals surface area contributed by atoms with Crippen LogP contribution in [0.15, 0.2) is 0 Å². The van der Waals surface area contributed by atoms with Crippen LogP contribution in [-0.4, -0.2) is 36.3 Å². The number of thiazole rings is 1. The van der Waals surface area contributed by atoms with Gasteiger partial charge in [0.2, 0.25) is 0 Å². The average molecular weight is 284 g/mol. The van der Waals surface area contributed by atoms with Crippen molar-refractivity contribution in [2.45, 2.75) is 12.6 Å². The highest BCUT2D eigenvalue weighted by atomic mass is 32.1. The van der Waals surface area contributed by atoms with E-state index in [0.717, 1.165) is 0 Å². The molecule has 1 aromatic rings. The van der Waals surface area contributed by atoms with Gasteiger partial charge in [-0.3, -0.25) is 0 Å². The minimum absolute atomic E-state index is 0.0594. The number of rotatable bonds is 6. The van der Waals surface area contributed by atoms with Gasteiger partial charge >= 0.3 is 12.1 Å². The molecule has 0 unspecified atom stereocenters. The van der Waals surface area contributed by atoms with Crippen LogP contribution in [0.3, 0.4) is 0 Å². The molecule has 0 spiro atoms. The lowest BCUT2D eigenvalue weighted by molar-refractivity contribution is -0.141. The number of anilines is 1. The van der Waals surface area contributed by atoms with Crippen LogP contribution in [0.1, 0.15) is 21.8 Å². The van der Waals surface area contributed by atoms with Gasteiger partial charge in [-0.2, -0.15) is 13.2 Å².